The summed E-state index contributed by atoms with van der Waals surface area (Å²) in [7, 11) is 1.46. The molecule has 1 fully saturated rings. The topological polar surface area (TPSA) is 21.7 Å². The lowest BCUT2D eigenvalue weighted by Gasteiger charge is -2.29. The monoisotopic (exact) mass is 289 g/mol. The van der Waals surface area contributed by atoms with Gasteiger partial charge in [-0.15, -0.1) is 0 Å². The van der Waals surface area contributed by atoms with Crippen molar-refractivity contribution in [1.82, 2.24) is 0 Å². The van der Waals surface area contributed by atoms with Crippen molar-refractivity contribution in [3.63, 3.8) is 0 Å². The SMILES string of the molecule is COc1c(F)cc(N2CCOCC2)cc1Br. The zero-order valence-electron chi connectivity index (χ0n) is 9.00. The maximum atomic E-state index is 13.7. The third-order valence-corrected chi connectivity index (χ3v) is 3.15. The Labute approximate surface area is 102 Å². The van der Waals surface area contributed by atoms with E-state index in [2.05, 4.69) is 20.8 Å². The molecule has 0 saturated carbocycles. The van der Waals surface area contributed by atoms with Crippen LogP contribution in [0.1, 0.15) is 0 Å². The minimum atomic E-state index is -0.349. The molecule has 0 atom stereocenters. The fourth-order valence-electron chi connectivity index (χ4n) is 1.75. The van der Waals surface area contributed by atoms with Crippen molar-refractivity contribution in [3.8, 4) is 5.75 Å². The molecule has 0 aliphatic carbocycles. The van der Waals surface area contributed by atoms with E-state index in [-0.39, 0.29) is 11.6 Å². The van der Waals surface area contributed by atoms with Crippen LogP contribution in [0.15, 0.2) is 16.6 Å². The molecule has 88 valence electrons. The smallest absolute Gasteiger partial charge is 0.168 e. The van der Waals surface area contributed by atoms with Gasteiger partial charge in [0, 0.05) is 24.8 Å². The maximum Gasteiger partial charge on any atom is 0.168 e. The molecule has 0 spiro atoms. The number of morpholine rings is 1. The first-order chi connectivity index (χ1) is 7.72. The van der Waals surface area contributed by atoms with Crippen LogP contribution in [0.3, 0.4) is 0 Å². The molecule has 1 aromatic carbocycles. The van der Waals surface area contributed by atoms with Gasteiger partial charge < -0.3 is 14.4 Å². The fourth-order valence-corrected chi connectivity index (χ4v) is 2.33. The summed E-state index contributed by atoms with van der Waals surface area (Å²) in [6.07, 6.45) is 0. The molecule has 0 amide bonds. The number of anilines is 1. The van der Waals surface area contributed by atoms with Crippen LogP contribution in [-0.4, -0.2) is 33.4 Å². The number of nitrogens with zero attached hydrogens (tertiary/aromatic N) is 1. The summed E-state index contributed by atoms with van der Waals surface area (Å²) in [4.78, 5) is 2.09. The normalized spacial score (nSPS) is 16.3. The number of hydrogen-bond donors (Lipinski definition) is 0. The van der Waals surface area contributed by atoms with Crippen LogP contribution in [0, 0.1) is 5.82 Å². The molecule has 1 aromatic rings. The van der Waals surface area contributed by atoms with Crippen molar-refractivity contribution in [1.29, 1.82) is 0 Å². The summed E-state index contributed by atoms with van der Waals surface area (Å²) in [6.45, 7) is 2.95. The molecule has 1 saturated heterocycles. The van der Waals surface area contributed by atoms with Gasteiger partial charge in [0.25, 0.3) is 0 Å². The van der Waals surface area contributed by atoms with E-state index in [4.69, 9.17) is 9.47 Å². The molecule has 5 heteroatoms. The summed E-state index contributed by atoms with van der Waals surface area (Å²) >= 11 is 3.30. The zero-order chi connectivity index (χ0) is 11.5. The summed E-state index contributed by atoms with van der Waals surface area (Å²) in [6, 6.07) is 3.36. The molecule has 0 N–H and O–H groups in total. The van der Waals surface area contributed by atoms with Gasteiger partial charge in [-0.2, -0.15) is 0 Å². The second-order valence-electron chi connectivity index (χ2n) is 3.54. The largest absolute Gasteiger partial charge is 0.492 e. The molecule has 2 rings (SSSR count). The number of rotatable bonds is 2. The number of halogens is 2. The first kappa shape index (κ1) is 11.7. The Hall–Kier alpha value is -0.810. The highest BCUT2D eigenvalue weighted by molar-refractivity contribution is 9.10. The van der Waals surface area contributed by atoms with Crippen LogP contribution in [0.5, 0.6) is 5.75 Å². The second-order valence-corrected chi connectivity index (χ2v) is 4.40. The highest BCUT2D eigenvalue weighted by atomic mass is 79.9. The minimum Gasteiger partial charge on any atom is -0.492 e. The molecule has 0 bridgehead atoms. The Bertz CT molecular complexity index is 357. The minimum absolute atomic E-state index is 0.247. The number of methoxy groups -OCH3 is 1. The lowest BCUT2D eigenvalue weighted by Crippen LogP contribution is -2.36. The standard InChI is InChI=1S/C11H13BrFNO2/c1-15-11-9(12)6-8(7-10(11)13)14-2-4-16-5-3-14/h6-7H,2-5H2,1H3. The Kier molecular flexibility index (Phi) is 3.66. The van der Waals surface area contributed by atoms with Crippen molar-refractivity contribution < 1.29 is 13.9 Å². The van der Waals surface area contributed by atoms with Crippen LogP contribution in [0.4, 0.5) is 10.1 Å². The number of ether oxygens (including phenoxy) is 2. The van der Waals surface area contributed by atoms with Crippen LogP contribution in [-0.2, 0) is 4.74 Å². The fraction of sp³-hybridized carbons (Fsp3) is 0.455. The van der Waals surface area contributed by atoms with Gasteiger partial charge in [0.1, 0.15) is 0 Å². The molecule has 3 nitrogen and oxygen atoms in total. The third-order valence-electron chi connectivity index (χ3n) is 2.56. The summed E-state index contributed by atoms with van der Waals surface area (Å²) in [5.74, 6) is -0.102. The maximum absolute atomic E-state index is 13.7. The first-order valence-electron chi connectivity index (χ1n) is 5.08. The predicted molar refractivity (Wildman–Crippen MR) is 63.7 cm³/mol. The lowest BCUT2D eigenvalue weighted by atomic mass is 10.2. The highest BCUT2D eigenvalue weighted by Gasteiger charge is 2.16. The summed E-state index contributed by atoms with van der Waals surface area (Å²) in [5, 5.41) is 0. The van der Waals surface area contributed by atoms with E-state index in [9.17, 15) is 4.39 Å². The van der Waals surface area contributed by atoms with Gasteiger partial charge >= 0.3 is 0 Å². The van der Waals surface area contributed by atoms with E-state index in [0.29, 0.717) is 17.7 Å². The lowest BCUT2D eigenvalue weighted by molar-refractivity contribution is 0.122. The predicted octanol–water partition coefficient (Wildman–Crippen LogP) is 2.43. The average Bonchev–Trinajstić information content (AvgIpc) is 2.30. The second kappa shape index (κ2) is 5.01. The quantitative estimate of drug-likeness (QED) is 0.835. The van der Waals surface area contributed by atoms with E-state index in [0.717, 1.165) is 18.8 Å². The van der Waals surface area contributed by atoms with Crippen LogP contribution in [0.25, 0.3) is 0 Å². The first-order valence-corrected chi connectivity index (χ1v) is 5.87. The van der Waals surface area contributed by atoms with E-state index in [1.54, 1.807) is 0 Å². The van der Waals surface area contributed by atoms with Crippen LogP contribution in [0.2, 0.25) is 0 Å². The average molecular weight is 290 g/mol. The summed E-state index contributed by atoms with van der Waals surface area (Å²) < 4.78 is 24.5. The van der Waals surface area contributed by atoms with E-state index < -0.39 is 0 Å². The van der Waals surface area contributed by atoms with Crippen molar-refractivity contribution in [2.24, 2.45) is 0 Å². The molecular formula is C11H13BrFNO2. The number of hydrogen-bond acceptors (Lipinski definition) is 3. The Morgan fingerprint density at radius 1 is 1.38 bits per heavy atom. The van der Waals surface area contributed by atoms with E-state index in [1.807, 2.05) is 6.07 Å². The Morgan fingerprint density at radius 2 is 2.06 bits per heavy atom. The molecular weight excluding hydrogens is 277 g/mol. The molecule has 1 aliphatic rings. The summed E-state index contributed by atoms with van der Waals surface area (Å²) in [5.41, 5.74) is 0.855. The molecule has 1 heterocycles. The third kappa shape index (κ3) is 2.30. The highest BCUT2D eigenvalue weighted by Crippen LogP contribution is 2.33. The van der Waals surface area contributed by atoms with Crippen molar-refractivity contribution >= 4 is 21.6 Å². The van der Waals surface area contributed by atoms with Gasteiger partial charge in [-0.25, -0.2) is 4.39 Å². The van der Waals surface area contributed by atoms with Crippen molar-refractivity contribution in [2.75, 3.05) is 38.3 Å². The molecule has 16 heavy (non-hydrogen) atoms. The Morgan fingerprint density at radius 3 is 2.62 bits per heavy atom. The van der Waals surface area contributed by atoms with Crippen molar-refractivity contribution in [3.05, 3.63) is 22.4 Å². The Balaban J connectivity index is 2.28. The van der Waals surface area contributed by atoms with Gasteiger partial charge in [0.15, 0.2) is 11.6 Å². The van der Waals surface area contributed by atoms with Crippen molar-refractivity contribution in [2.45, 2.75) is 0 Å². The molecule has 0 aromatic heterocycles. The van der Waals surface area contributed by atoms with Gasteiger partial charge in [0.2, 0.25) is 0 Å². The molecule has 1 aliphatic heterocycles. The van der Waals surface area contributed by atoms with Crippen LogP contribution < -0.4 is 9.64 Å². The van der Waals surface area contributed by atoms with Gasteiger partial charge in [-0.1, -0.05) is 0 Å². The molecule has 0 unspecified atom stereocenters. The van der Waals surface area contributed by atoms with Crippen LogP contribution >= 0.6 is 15.9 Å². The zero-order valence-corrected chi connectivity index (χ0v) is 10.6. The van der Waals surface area contributed by atoms with E-state index >= 15 is 0 Å². The van der Waals surface area contributed by atoms with E-state index in [1.165, 1.54) is 13.2 Å². The number of benzene rings is 1. The molecule has 0 radical (unpaired) electrons. The van der Waals surface area contributed by atoms with Gasteiger partial charge in [-0.3, -0.25) is 0 Å². The van der Waals surface area contributed by atoms with Gasteiger partial charge in [-0.05, 0) is 22.0 Å². The van der Waals surface area contributed by atoms with Gasteiger partial charge in [0.05, 0.1) is 24.8 Å².